The van der Waals surface area contributed by atoms with E-state index in [9.17, 15) is 14.3 Å². The third kappa shape index (κ3) is 6.97. The molecule has 53 heavy (non-hydrogen) atoms. The largest absolute Gasteiger partial charge is 0.461 e. The Morgan fingerprint density at radius 2 is 2.02 bits per heavy atom. The van der Waals surface area contributed by atoms with Gasteiger partial charge in [-0.1, -0.05) is 31.4 Å². The van der Waals surface area contributed by atoms with Gasteiger partial charge in [-0.05, 0) is 68.7 Å². The standard InChI is InChI=1S/C40H47F3N6O4/c1-5-28-31(42)10-9-24-17-27(50)18-29(33(24)28)35-34(43)36-30(20-44-35)37(45-22-40(13-7-8-14-40)48(4)32(51)6-2)47-38(46-36)53-23-39(3)19-25(41)21-49(39)26-11-15-52-16-12-26/h1,6,9-10,20,25-27,29,50H,2,7-8,11-19,21-23H2,3-4H3,(H,45,46,47)/t25-,27+,29-,39+/m1/s1. The third-order valence-electron chi connectivity index (χ3n) is 12.0. The van der Waals surface area contributed by atoms with Gasteiger partial charge in [-0.25, -0.2) is 13.2 Å². The molecule has 2 saturated heterocycles. The lowest BCUT2D eigenvalue weighted by Crippen LogP contribution is -2.52. The molecule has 282 valence electrons. The van der Waals surface area contributed by atoms with Crippen LogP contribution in [-0.2, 0) is 16.0 Å². The number of halogens is 3. The lowest BCUT2D eigenvalue weighted by Gasteiger charge is -2.41. The van der Waals surface area contributed by atoms with Crippen LogP contribution in [-0.4, -0.2) is 105 Å². The van der Waals surface area contributed by atoms with E-state index in [0.29, 0.717) is 30.9 Å². The smallest absolute Gasteiger partial charge is 0.319 e. The molecule has 0 radical (unpaired) electrons. The van der Waals surface area contributed by atoms with Crippen LogP contribution in [0.25, 0.3) is 10.9 Å². The zero-order valence-electron chi connectivity index (χ0n) is 30.3. The topological polar surface area (TPSA) is 113 Å². The van der Waals surface area contributed by atoms with Crippen molar-refractivity contribution in [1.82, 2.24) is 24.8 Å². The van der Waals surface area contributed by atoms with Gasteiger partial charge < -0.3 is 24.8 Å². The molecule has 7 rings (SSSR count). The van der Waals surface area contributed by atoms with Gasteiger partial charge in [-0.2, -0.15) is 9.97 Å². The highest BCUT2D eigenvalue weighted by molar-refractivity contribution is 5.90. The average Bonchev–Trinajstić information content (AvgIpc) is 3.77. The average molecular weight is 733 g/mol. The highest BCUT2D eigenvalue weighted by Crippen LogP contribution is 2.42. The molecule has 0 bridgehead atoms. The normalized spacial score (nSPS) is 25.9. The molecule has 10 nitrogen and oxygen atoms in total. The second-order valence-electron chi connectivity index (χ2n) is 15.3. The van der Waals surface area contributed by atoms with Gasteiger partial charge >= 0.3 is 6.01 Å². The van der Waals surface area contributed by atoms with Crippen LogP contribution in [0.5, 0.6) is 6.01 Å². The molecule has 3 fully saturated rings. The van der Waals surface area contributed by atoms with Crippen LogP contribution in [0.15, 0.2) is 31.0 Å². The van der Waals surface area contributed by atoms with E-state index < -0.39 is 40.9 Å². The first kappa shape index (κ1) is 37.1. The van der Waals surface area contributed by atoms with Gasteiger partial charge in [0.15, 0.2) is 5.82 Å². The summed E-state index contributed by atoms with van der Waals surface area (Å²) in [6, 6.07) is 2.86. The summed E-state index contributed by atoms with van der Waals surface area (Å²) in [5.74, 6) is 0.254. The minimum atomic E-state index is -1.03. The summed E-state index contributed by atoms with van der Waals surface area (Å²) in [6.07, 6.45) is 12.2. The molecule has 1 aromatic carbocycles. The number of ether oxygens (including phenoxy) is 2. The number of hydrogen-bond donors (Lipinski definition) is 2. The molecule has 2 aliphatic carbocycles. The van der Waals surface area contributed by atoms with Gasteiger partial charge in [-0.3, -0.25) is 14.7 Å². The highest BCUT2D eigenvalue weighted by Gasteiger charge is 2.47. The Morgan fingerprint density at radius 1 is 1.26 bits per heavy atom. The van der Waals surface area contributed by atoms with Crippen LogP contribution >= 0.6 is 0 Å². The number of pyridine rings is 1. The molecule has 2 N–H and O–H groups in total. The maximum absolute atomic E-state index is 17.0. The summed E-state index contributed by atoms with van der Waals surface area (Å²) in [5, 5.41) is 14.5. The predicted octanol–water partition coefficient (Wildman–Crippen LogP) is 5.45. The number of aliphatic hydroxyl groups excluding tert-OH is 1. The number of alkyl halides is 1. The number of nitrogens with one attached hydrogen (secondary N) is 1. The van der Waals surface area contributed by atoms with Crippen molar-refractivity contribution in [3.63, 3.8) is 0 Å². The number of rotatable bonds is 10. The molecule has 1 saturated carbocycles. The summed E-state index contributed by atoms with van der Waals surface area (Å²) in [7, 11) is 1.76. The number of anilines is 1. The Balaban J connectivity index is 1.29. The Morgan fingerprint density at radius 3 is 2.74 bits per heavy atom. The number of likely N-dealkylation sites (tertiary alicyclic amines) is 1. The second-order valence-corrected chi connectivity index (χ2v) is 15.3. The van der Waals surface area contributed by atoms with Gasteiger partial charge in [0.05, 0.1) is 33.8 Å². The predicted molar refractivity (Wildman–Crippen MR) is 194 cm³/mol. The minimum Gasteiger partial charge on any atom is -0.461 e. The maximum atomic E-state index is 17.0. The maximum Gasteiger partial charge on any atom is 0.319 e. The Labute approximate surface area is 308 Å². The highest BCUT2D eigenvalue weighted by atomic mass is 19.1. The van der Waals surface area contributed by atoms with Gasteiger partial charge in [0.2, 0.25) is 5.91 Å². The van der Waals surface area contributed by atoms with Crippen molar-refractivity contribution in [3.8, 4) is 18.4 Å². The van der Waals surface area contributed by atoms with Gasteiger partial charge in [0.1, 0.15) is 29.9 Å². The number of benzene rings is 1. The van der Waals surface area contributed by atoms with E-state index in [0.717, 1.165) is 38.5 Å². The summed E-state index contributed by atoms with van der Waals surface area (Å²) < 4.78 is 58.9. The van der Waals surface area contributed by atoms with Gasteiger partial charge in [0.25, 0.3) is 0 Å². The number of terminal acetylenes is 1. The lowest BCUT2D eigenvalue weighted by molar-refractivity contribution is -0.129. The fourth-order valence-corrected chi connectivity index (χ4v) is 9.15. The van der Waals surface area contributed by atoms with Crippen molar-refractivity contribution in [1.29, 1.82) is 0 Å². The number of aromatic nitrogens is 3. The number of amides is 1. The molecule has 1 amide bonds. The first-order valence-electron chi connectivity index (χ1n) is 18.5. The van der Waals surface area contributed by atoms with Crippen LogP contribution in [0.4, 0.5) is 19.0 Å². The van der Waals surface area contributed by atoms with Gasteiger partial charge in [-0.15, -0.1) is 6.42 Å². The van der Waals surface area contributed by atoms with Crippen molar-refractivity contribution in [2.75, 3.05) is 45.3 Å². The first-order chi connectivity index (χ1) is 25.5. The summed E-state index contributed by atoms with van der Waals surface area (Å²) in [5.41, 5.74) is -0.260. The van der Waals surface area contributed by atoms with Crippen LogP contribution in [0.1, 0.15) is 86.6 Å². The fourth-order valence-electron chi connectivity index (χ4n) is 9.15. The van der Waals surface area contributed by atoms with Crippen LogP contribution < -0.4 is 10.1 Å². The number of likely N-dealkylation sites (N-methyl/N-ethyl adjacent to an activating group) is 1. The lowest BCUT2D eigenvalue weighted by atomic mass is 9.77. The molecule has 2 aromatic heterocycles. The molecule has 0 unspecified atom stereocenters. The number of hydrogen-bond acceptors (Lipinski definition) is 9. The molecule has 4 aliphatic rings. The first-order valence-corrected chi connectivity index (χ1v) is 18.5. The molecule has 4 atom stereocenters. The van der Waals surface area contributed by atoms with Crippen molar-refractivity contribution >= 4 is 22.6 Å². The van der Waals surface area contributed by atoms with Crippen molar-refractivity contribution in [2.45, 2.75) is 100 Å². The number of nitrogens with zero attached hydrogens (tertiary/aromatic N) is 5. The zero-order valence-corrected chi connectivity index (χ0v) is 30.3. The molecule has 4 heterocycles. The fraction of sp³-hybridized carbons (Fsp3) is 0.550. The van der Waals surface area contributed by atoms with E-state index in [2.05, 4.69) is 32.7 Å². The molecular weight excluding hydrogens is 685 g/mol. The monoisotopic (exact) mass is 732 g/mol. The number of carbonyl (C=O) groups is 1. The van der Waals surface area contributed by atoms with Crippen molar-refractivity contribution in [3.05, 3.63) is 65.0 Å². The molecule has 13 heteroatoms. The quantitative estimate of drug-likeness (QED) is 0.208. The van der Waals surface area contributed by atoms with E-state index in [1.165, 1.54) is 18.3 Å². The van der Waals surface area contributed by atoms with Crippen molar-refractivity contribution < 1.29 is 32.5 Å². The zero-order chi connectivity index (χ0) is 37.5. The Kier molecular flexibility index (Phi) is 10.4. The van der Waals surface area contributed by atoms with Crippen LogP contribution in [0, 0.1) is 24.0 Å². The van der Waals surface area contributed by atoms with Crippen LogP contribution in [0.2, 0.25) is 0 Å². The number of fused-ring (bicyclic) bond motifs is 2. The molecule has 3 aromatic rings. The SMILES string of the molecule is C#Cc1c(F)ccc2c1[C@H](c1ncc3c(NCC4(N(C)C(=O)C=C)CCCC4)nc(OC[C@]4(C)C[C@@H](F)CN4C4CCOCC4)nc3c1F)C[C@@H](O)C2. The number of carbonyl (C=O) groups excluding carboxylic acids is 1. The summed E-state index contributed by atoms with van der Waals surface area (Å²) in [6.45, 7) is 7.51. The summed E-state index contributed by atoms with van der Waals surface area (Å²) in [4.78, 5) is 30.5. The van der Waals surface area contributed by atoms with E-state index >= 15 is 8.78 Å². The molecular formula is C40H47F3N6O4. The van der Waals surface area contributed by atoms with E-state index in [1.807, 2.05) is 6.92 Å². The van der Waals surface area contributed by atoms with E-state index in [1.54, 1.807) is 18.0 Å². The van der Waals surface area contributed by atoms with Crippen molar-refractivity contribution in [2.24, 2.45) is 0 Å². The van der Waals surface area contributed by atoms with E-state index in [-0.39, 0.29) is 78.4 Å². The van der Waals surface area contributed by atoms with Crippen LogP contribution in [0.3, 0.4) is 0 Å². The van der Waals surface area contributed by atoms with E-state index in [4.69, 9.17) is 20.9 Å². The number of aliphatic hydroxyl groups is 1. The third-order valence-corrected chi connectivity index (χ3v) is 12.0. The minimum absolute atomic E-state index is 0.0138. The summed E-state index contributed by atoms with van der Waals surface area (Å²) >= 11 is 0. The Hall–Kier alpha value is -4.25. The molecule has 2 aliphatic heterocycles. The van der Waals surface area contributed by atoms with Gasteiger partial charge in [0, 0.05) is 57.9 Å². The second kappa shape index (κ2) is 14.9. The Bertz CT molecular complexity index is 1930. The molecule has 0 spiro atoms.